The van der Waals surface area contributed by atoms with Crippen LogP contribution in [0.1, 0.15) is 29.3 Å². The normalized spacial score (nSPS) is 24.6. The van der Waals surface area contributed by atoms with Crippen LogP contribution < -0.4 is 0 Å². The Kier molecular flexibility index (Phi) is 4.23. The number of benzene rings is 1. The molecule has 0 aromatic heterocycles. The molecule has 0 N–H and O–H groups in total. The van der Waals surface area contributed by atoms with Crippen molar-refractivity contribution in [2.75, 3.05) is 32.1 Å². The summed E-state index contributed by atoms with van der Waals surface area (Å²) in [4.78, 5) is 14.2. The number of ether oxygens (including phenoxy) is 1. The van der Waals surface area contributed by atoms with Gasteiger partial charge in [-0.3, -0.25) is 4.79 Å². The van der Waals surface area contributed by atoms with E-state index >= 15 is 0 Å². The second kappa shape index (κ2) is 5.91. The Bertz CT molecular complexity index is 707. The van der Waals surface area contributed by atoms with Crippen molar-refractivity contribution in [2.24, 2.45) is 5.92 Å². The Hall–Kier alpha value is -1.40. The van der Waals surface area contributed by atoms with Gasteiger partial charge in [-0.15, -0.1) is 0 Å². The molecule has 0 saturated carbocycles. The lowest BCUT2D eigenvalue weighted by atomic mass is 9.83. The fraction of sp³-hybridized carbons (Fsp3) is 0.588. The number of hydrogen-bond acceptors (Lipinski definition) is 4. The topological polar surface area (TPSA) is 63.7 Å². The molecule has 126 valence electrons. The number of hydrogen-bond donors (Lipinski definition) is 0. The molecule has 1 aromatic rings. The number of sulfone groups is 1. The van der Waals surface area contributed by atoms with Gasteiger partial charge in [0.1, 0.15) is 4.75 Å². The SMILES string of the molecule is CCOC[C@H]1CCS(=O)(=O)C12CN(C(=O)c1cccc(C)c1)C2. The Balaban J connectivity index is 1.76. The fourth-order valence-corrected chi connectivity index (χ4v) is 6.07. The van der Waals surface area contributed by atoms with E-state index in [-0.39, 0.29) is 17.6 Å². The maximum atomic E-state index is 12.6. The second-order valence-corrected chi connectivity index (χ2v) is 9.01. The molecule has 2 aliphatic rings. The van der Waals surface area contributed by atoms with E-state index in [9.17, 15) is 13.2 Å². The Labute approximate surface area is 137 Å². The van der Waals surface area contributed by atoms with Crippen molar-refractivity contribution in [2.45, 2.75) is 25.0 Å². The Morgan fingerprint density at radius 1 is 1.39 bits per heavy atom. The number of nitrogens with zero attached hydrogens (tertiary/aromatic N) is 1. The van der Waals surface area contributed by atoms with E-state index < -0.39 is 14.6 Å². The van der Waals surface area contributed by atoms with Crippen molar-refractivity contribution >= 4 is 15.7 Å². The lowest BCUT2D eigenvalue weighted by Crippen LogP contribution is -2.68. The summed E-state index contributed by atoms with van der Waals surface area (Å²) in [5, 5.41) is 0. The standard InChI is InChI=1S/C17H23NO4S/c1-3-22-10-15-7-8-23(20,21)17(15)11-18(12-17)16(19)14-6-4-5-13(2)9-14/h4-6,9,15H,3,7-8,10-12H2,1-2H3/t15-/m1/s1. The minimum atomic E-state index is -3.16. The van der Waals surface area contributed by atoms with E-state index in [4.69, 9.17) is 4.74 Å². The lowest BCUT2D eigenvalue weighted by Gasteiger charge is -2.49. The molecule has 0 bridgehead atoms. The van der Waals surface area contributed by atoms with Crippen molar-refractivity contribution in [3.63, 3.8) is 0 Å². The number of amides is 1. The summed E-state index contributed by atoms with van der Waals surface area (Å²) in [5.74, 6) is 0.114. The van der Waals surface area contributed by atoms with Crippen LogP contribution in [0.4, 0.5) is 0 Å². The van der Waals surface area contributed by atoms with Crippen molar-refractivity contribution in [1.82, 2.24) is 4.90 Å². The quantitative estimate of drug-likeness (QED) is 0.838. The molecule has 3 rings (SSSR count). The summed E-state index contributed by atoms with van der Waals surface area (Å²) in [6.45, 7) is 5.47. The first kappa shape index (κ1) is 16.5. The molecule has 0 radical (unpaired) electrons. The van der Waals surface area contributed by atoms with Crippen molar-refractivity contribution in [1.29, 1.82) is 0 Å². The van der Waals surface area contributed by atoms with Crippen LogP contribution in [0.2, 0.25) is 0 Å². The molecule has 1 aromatic carbocycles. The van der Waals surface area contributed by atoms with Crippen LogP contribution in [0.5, 0.6) is 0 Å². The minimum Gasteiger partial charge on any atom is -0.381 e. The molecule has 0 aliphatic carbocycles. The van der Waals surface area contributed by atoms with E-state index in [1.54, 1.807) is 11.0 Å². The Morgan fingerprint density at radius 2 is 2.13 bits per heavy atom. The molecule has 0 unspecified atom stereocenters. The smallest absolute Gasteiger partial charge is 0.253 e. The number of rotatable bonds is 4. The van der Waals surface area contributed by atoms with Gasteiger partial charge in [0.15, 0.2) is 9.84 Å². The third kappa shape index (κ3) is 2.68. The molecule has 6 heteroatoms. The van der Waals surface area contributed by atoms with Crippen LogP contribution in [-0.4, -0.2) is 56.0 Å². The highest BCUT2D eigenvalue weighted by atomic mass is 32.2. The maximum absolute atomic E-state index is 12.6. The third-order valence-corrected chi connectivity index (χ3v) is 7.69. The van der Waals surface area contributed by atoms with Gasteiger partial charge in [-0.1, -0.05) is 17.7 Å². The van der Waals surface area contributed by atoms with Gasteiger partial charge in [0.25, 0.3) is 5.91 Å². The first-order valence-corrected chi connectivity index (χ1v) is 9.71. The van der Waals surface area contributed by atoms with E-state index in [0.29, 0.717) is 38.3 Å². The molecule has 5 nitrogen and oxygen atoms in total. The average molecular weight is 337 g/mol. The van der Waals surface area contributed by atoms with Crippen LogP contribution in [0.25, 0.3) is 0 Å². The van der Waals surface area contributed by atoms with Gasteiger partial charge in [-0.2, -0.15) is 0 Å². The van der Waals surface area contributed by atoms with Crippen molar-refractivity contribution < 1.29 is 17.9 Å². The molecule has 1 amide bonds. The average Bonchev–Trinajstić information content (AvgIpc) is 2.73. The maximum Gasteiger partial charge on any atom is 0.253 e. The van der Waals surface area contributed by atoms with Gasteiger partial charge in [0.05, 0.1) is 12.4 Å². The van der Waals surface area contributed by atoms with Gasteiger partial charge in [-0.25, -0.2) is 8.42 Å². The Morgan fingerprint density at radius 3 is 2.78 bits per heavy atom. The van der Waals surface area contributed by atoms with Gasteiger partial charge < -0.3 is 9.64 Å². The van der Waals surface area contributed by atoms with E-state index in [1.807, 2.05) is 32.0 Å². The van der Waals surface area contributed by atoms with Gasteiger partial charge >= 0.3 is 0 Å². The summed E-state index contributed by atoms with van der Waals surface area (Å²) in [7, 11) is -3.16. The molecule has 1 atom stereocenters. The summed E-state index contributed by atoms with van der Waals surface area (Å²) >= 11 is 0. The summed E-state index contributed by atoms with van der Waals surface area (Å²) in [6.07, 6.45) is 0.634. The zero-order valence-corrected chi connectivity index (χ0v) is 14.4. The highest BCUT2D eigenvalue weighted by Crippen LogP contribution is 2.45. The highest BCUT2D eigenvalue weighted by Gasteiger charge is 2.62. The molecule has 2 saturated heterocycles. The van der Waals surface area contributed by atoms with Crippen molar-refractivity contribution in [3.8, 4) is 0 Å². The van der Waals surface area contributed by atoms with Gasteiger partial charge in [0.2, 0.25) is 0 Å². The molecule has 2 aliphatic heterocycles. The number of aryl methyl sites for hydroxylation is 1. The van der Waals surface area contributed by atoms with Gasteiger partial charge in [-0.05, 0) is 32.4 Å². The second-order valence-electron chi connectivity index (χ2n) is 6.56. The predicted octanol–water partition coefficient (Wildman–Crippen LogP) is 1.66. The number of carbonyl (C=O) groups excluding carboxylic acids is 1. The first-order valence-electron chi connectivity index (χ1n) is 8.05. The molecular formula is C17H23NO4S. The summed E-state index contributed by atoms with van der Waals surface area (Å²) in [5.41, 5.74) is 1.64. The molecule has 2 fully saturated rings. The van der Waals surface area contributed by atoms with Crippen LogP contribution in [0.3, 0.4) is 0 Å². The van der Waals surface area contributed by atoms with Crippen LogP contribution in [0.15, 0.2) is 24.3 Å². The predicted molar refractivity (Wildman–Crippen MR) is 88.2 cm³/mol. The van der Waals surface area contributed by atoms with E-state index in [0.717, 1.165) is 5.56 Å². The van der Waals surface area contributed by atoms with Crippen LogP contribution in [-0.2, 0) is 14.6 Å². The van der Waals surface area contributed by atoms with E-state index in [2.05, 4.69) is 0 Å². The van der Waals surface area contributed by atoms with Crippen molar-refractivity contribution in [3.05, 3.63) is 35.4 Å². The zero-order chi connectivity index (χ0) is 16.7. The molecule has 1 spiro atoms. The first-order chi connectivity index (χ1) is 10.9. The summed E-state index contributed by atoms with van der Waals surface area (Å²) in [6, 6.07) is 7.41. The number of likely N-dealkylation sites (tertiary alicyclic amines) is 1. The van der Waals surface area contributed by atoms with Crippen LogP contribution >= 0.6 is 0 Å². The largest absolute Gasteiger partial charge is 0.381 e. The van der Waals surface area contributed by atoms with E-state index in [1.165, 1.54) is 0 Å². The molecular weight excluding hydrogens is 314 g/mol. The molecule has 2 heterocycles. The van der Waals surface area contributed by atoms with Gasteiger partial charge in [0, 0.05) is 31.2 Å². The summed E-state index contributed by atoms with van der Waals surface area (Å²) < 4.78 is 29.7. The fourth-order valence-electron chi connectivity index (χ4n) is 3.67. The monoisotopic (exact) mass is 337 g/mol. The lowest BCUT2D eigenvalue weighted by molar-refractivity contribution is 0.0271. The third-order valence-electron chi connectivity index (χ3n) is 5.09. The number of carbonyl (C=O) groups is 1. The van der Waals surface area contributed by atoms with Crippen LogP contribution in [0, 0.1) is 12.8 Å². The zero-order valence-electron chi connectivity index (χ0n) is 13.6. The highest BCUT2D eigenvalue weighted by molar-refractivity contribution is 7.93. The minimum absolute atomic E-state index is 0.00555. The molecule has 23 heavy (non-hydrogen) atoms.